The van der Waals surface area contributed by atoms with Crippen LogP contribution in [0.25, 0.3) is 17.1 Å². The molecule has 2 heterocycles. The van der Waals surface area contributed by atoms with Gasteiger partial charge in [0.15, 0.2) is 11.0 Å². The van der Waals surface area contributed by atoms with Crippen LogP contribution in [0.5, 0.6) is 11.5 Å². The number of amides is 3. The standard InChI is InChI=1S/C29H22F6N6O5S/c1-16-2-3-18(12-45-14-28(30,31)32)22(10-16)41-24(43)13-47-27(41)38-26(44)37-21-9-4-17(11-23(21)42)25-36-15-40(39-25)19-5-7-20(8-6-19)46-29(33,34)35/h2-11,15,42H,12-14H2,1H3,(H,37,44)/b38-27-. The number of carbonyl (C=O) groups excluding carboxylic acids is 2. The van der Waals surface area contributed by atoms with Crippen molar-refractivity contribution in [1.82, 2.24) is 14.8 Å². The summed E-state index contributed by atoms with van der Waals surface area (Å²) in [7, 11) is 0. The molecule has 0 bridgehead atoms. The molecule has 47 heavy (non-hydrogen) atoms. The highest BCUT2D eigenvalue weighted by Gasteiger charge is 2.33. The van der Waals surface area contributed by atoms with Gasteiger partial charge >= 0.3 is 18.6 Å². The molecular weight excluding hydrogens is 658 g/mol. The lowest BCUT2D eigenvalue weighted by Gasteiger charge is -2.21. The lowest BCUT2D eigenvalue weighted by Crippen LogP contribution is -2.31. The summed E-state index contributed by atoms with van der Waals surface area (Å²) in [6, 6.07) is 12.8. The Morgan fingerprint density at radius 3 is 2.49 bits per heavy atom. The highest BCUT2D eigenvalue weighted by molar-refractivity contribution is 8.15. The Balaban J connectivity index is 1.29. The van der Waals surface area contributed by atoms with Crippen LogP contribution in [0.2, 0.25) is 0 Å². The number of nitrogens with one attached hydrogen (secondary N) is 1. The third-order valence-electron chi connectivity index (χ3n) is 6.29. The number of halogens is 6. The third kappa shape index (κ3) is 8.59. The first-order valence-corrected chi connectivity index (χ1v) is 14.3. The largest absolute Gasteiger partial charge is 0.573 e. The molecule has 0 aliphatic carbocycles. The van der Waals surface area contributed by atoms with Crippen molar-refractivity contribution in [2.75, 3.05) is 22.6 Å². The fraction of sp³-hybridized carbons (Fsp3) is 0.207. The minimum Gasteiger partial charge on any atom is -0.506 e. The van der Waals surface area contributed by atoms with Gasteiger partial charge in [-0.05, 0) is 61.0 Å². The molecule has 1 fully saturated rings. The molecule has 3 aromatic carbocycles. The van der Waals surface area contributed by atoms with E-state index in [0.29, 0.717) is 16.8 Å². The Morgan fingerprint density at radius 1 is 1.06 bits per heavy atom. The number of carbonyl (C=O) groups is 2. The van der Waals surface area contributed by atoms with E-state index in [4.69, 9.17) is 4.74 Å². The number of aromatic nitrogens is 3. The molecule has 18 heteroatoms. The number of aryl methyl sites for hydroxylation is 1. The molecule has 0 saturated carbocycles. The zero-order chi connectivity index (χ0) is 33.9. The fourth-order valence-corrected chi connectivity index (χ4v) is 5.15. The van der Waals surface area contributed by atoms with E-state index < -0.39 is 43.4 Å². The van der Waals surface area contributed by atoms with Crippen LogP contribution < -0.4 is 15.0 Å². The predicted molar refractivity (Wildman–Crippen MR) is 158 cm³/mol. The summed E-state index contributed by atoms with van der Waals surface area (Å²) in [5, 5.41) is 17.2. The number of phenols is 1. The number of benzene rings is 3. The Morgan fingerprint density at radius 2 is 1.81 bits per heavy atom. The van der Waals surface area contributed by atoms with Gasteiger partial charge in [-0.15, -0.1) is 18.3 Å². The van der Waals surface area contributed by atoms with Gasteiger partial charge in [0.2, 0.25) is 5.91 Å². The molecular formula is C29H22F6N6O5S. The van der Waals surface area contributed by atoms with E-state index in [1.54, 1.807) is 19.1 Å². The van der Waals surface area contributed by atoms with Crippen LogP contribution in [0.4, 0.5) is 42.5 Å². The van der Waals surface area contributed by atoms with Crippen LogP contribution in [0.1, 0.15) is 11.1 Å². The summed E-state index contributed by atoms with van der Waals surface area (Å²) in [6.07, 6.45) is -8.06. The fourth-order valence-electron chi connectivity index (χ4n) is 4.29. The topological polar surface area (TPSA) is 131 Å². The van der Waals surface area contributed by atoms with Gasteiger partial charge in [-0.3, -0.25) is 9.69 Å². The second-order valence-corrected chi connectivity index (χ2v) is 10.8. The zero-order valence-corrected chi connectivity index (χ0v) is 24.8. The summed E-state index contributed by atoms with van der Waals surface area (Å²) in [6.45, 7) is -0.202. The van der Waals surface area contributed by atoms with Crippen molar-refractivity contribution in [1.29, 1.82) is 0 Å². The summed E-state index contributed by atoms with van der Waals surface area (Å²) in [5.74, 6) is -1.16. The highest BCUT2D eigenvalue weighted by Crippen LogP contribution is 2.33. The monoisotopic (exact) mass is 680 g/mol. The van der Waals surface area contributed by atoms with Gasteiger partial charge in [0, 0.05) is 11.1 Å². The molecule has 0 radical (unpaired) electrons. The van der Waals surface area contributed by atoms with Crippen molar-refractivity contribution in [3.8, 4) is 28.6 Å². The Kier molecular flexibility index (Phi) is 9.43. The SMILES string of the molecule is Cc1ccc(COCC(F)(F)F)c(N2C(=O)CS/C2=N\C(=O)Nc2ccc(-c3ncn(-c4ccc(OC(F)(F)F)cc4)n3)cc2O)c1. The van der Waals surface area contributed by atoms with Crippen molar-refractivity contribution in [2.24, 2.45) is 4.99 Å². The number of aromatic hydroxyl groups is 1. The average molecular weight is 681 g/mol. The van der Waals surface area contributed by atoms with Crippen molar-refractivity contribution in [2.45, 2.75) is 26.1 Å². The van der Waals surface area contributed by atoms with E-state index in [2.05, 4.69) is 25.1 Å². The number of hydrogen-bond donors (Lipinski definition) is 2. The smallest absolute Gasteiger partial charge is 0.506 e. The number of phenolic OH excluding ortho intramolecular Hbond substituents is 1. The number of aliphatic imine (C=N–C) groups is 1. The number of thioether (sulfide) groups is 1. The van der Waals surface area contributed by atoms with Gasteiger partial charge in [-0.25, -0.2) is 14.5 Å². The number of alkyl halides is 6. The number of nitrogens with zero attached hydrogens (tertiary/aromatic N) is 5. The molecule has 1 saturated heterocycles. The van der Waals surface area contributed by atoms with Gasteiger partial charge < -0.3 is 19.9 Å². The molecule has 5 rings (SSSR count). The lowest BCUT2D eigenvalue weighted by atomic mass is 10.1. The molecule has 1 aliphatic heterocycles. The second kappa shape index (κ2) is 13.3. The molecule has 246 valence electrons. The summed E-state index contributed by atoms with van der Waals surface area (Å²) in [5.41, 5.74) is 1.88. The van der Waals surface area contributed by atoms with Crippen molar-refractivity contribution in [3.63, 3.8) is 0 Å². The average Bonchev–Trinajstić information content (AvgIpc) is 3.61. The van der Waals surface area contributed by atoms with Crippen LogP contribution >= 0.6 is 11.8 Å². The maximum Gasteiger partial charge on any atom is 0.573 e. The Bertz CT molecular complexity index is 1830. The van der Waals surface area contributed by atoms with E-state index in [1.165, 1.54) is 47.4 Å². The van der Waals surface area contributed by atoms with E-state index in [0.717, 1.165) is 28.8 Å². The van der Waals surface area contributed by atoms with Gasteiger partial charge in [0.25, 0.3) is 0 Å². The normalized spacial score (nSPS) is 14.6. The minimum atomic E-state index is -4.83. The maximum atomic E-state index is 12.8. The first-order chi connectivity index (χ1) is 22.1. The van der Waals surface area contributed by atoms with Crippen LogP contribution in [0.3, 0.4) is 0 Å². The van der Waals surface area contributed by atoms with Crippen molar-refractivity contribution in [3.05, 3.63) is 78.1 Å². The first kappa shape index (κ1) is 33.3. The molecule has 2 N–H and O–H groups in total. The predicted octanol–water partition coefficient (Wildman–Crippen LogP) is 6.59. The van der Waals surface area contributed by atoms with E-state index in [1.807, 2.05) is 0 Å². The van der Waals surface area contributed by atoms with Crippen LogP contribution in [0.15, 0.2) is 72.0 Å². The third-order valence-corrected chi connectivity index (χ3v) is 7.22. The number of anilines is 2. The van der Waals surface area contributed by atoms with Crippen LogP contribution in [0, 0.1) is 6.92 Å². The van der Waals surface area contributed by atoms with Crippen LogP contribution in [-0.4, -0.2) is 61.9 Å². The molecule has 4 aromatic rings. The molecule has 0 atom stereocenters. The van der Waals surface area contributed by atoms with E-state index in [-0.39, 0.29) is 39.4 Å². The highest BCUT2D eigenvalue weighted by atomic mass is 32.2. The van der Waals surface area contributed by atoms with Crippen LogP contribution in [-0.2, 0) is 16.1 Å². The Hall–Kier alpha value is -5.10. The van der Waals surface area contributed by atoms with E-state index >= 15 is 0 Å². The zero-order valence-electron chi connectivity index (χ0n) is 24.0. The quantitative estimate of drug-likeness (QED) is 0.157. The number of ether oxygens (including phenoxy) is 2. The minimum absolute atomic E-state index is 0.0287. The molecule has 1 aromatic heterocycles. The second-order valence-electron chi connectivity index (χ2n) is 9.87. The summed E-state index contributed by atoms with van der Waals surface area (Å²) >= 11 is 0.949. The molecule has 1 aliphatic rings. The van der Waals surface area contributed by atoms with Gasteiger partial charge in [-0.2, -0.15) is 18.2 Å². The number of amidine groups is 1. The summed E-state index contributed by atoms with van der Waals surface area (Å²) < 4.78 is 85.0. The molecule has 0 spiro atoms. The summed E-state index contributed by atoms with van der Waals surface area (Å²) in [4.78, 5) is 34.9. The lowest BCUT2D eigenvalue weighted by molar-refractivity contribution is -0.274. The number of rotatable bonds is 8. The molecule has 0 unspecified atom stereocenters. The number of urea groups is 1. The van der Waals surface area contributed by atoms with Gasteiger partial charge in [-0.1, -0.05) is 23.9 Å². The van der Waals surface area contributed by atoms with Crippen molar-refractivity contribution >= 4 is 40.2 Å². The maximum absolute atomic E-state index is 12.8. The number of hydrogen-bond acceptors (Lipinski definition) is 8. The van der Waals surface area contributed by atoms with Crippen molar-refractivity contribution < 1.29 is 50.5 Å². The first-order valence-electron chi connectivity index (χ1n) is 13.4. The molecule has 11 nitrogen and oxygen atoms in total. The Labute approximate surface area is 265 Å². The van der Waals surface area contributed by atoms with Gasteiger partial charge in [0.1, 0.15) is 24.4 Å². The van der Waals surface area contributed by atoms with Gasteiger partial charge in [0.05, 0.1) is 29.4 Å². The molecule has 3 amide bonds. The van der Waals surface area contributed by atoms with E-state index in [9.17, 15) is 41.0 Å².